The lowest BCUT2D eigenvalue weighted by atomic mass is 10.1. The van der Waals surface area contributed by atoms with E-state index in [1.165, 1.54) is 0 Å². The highest BCUT2D eigenvalue weighted by Crippen LogP contribution is 2.74. The molecule has 0 spiro atoms. The van der Waals surface area contributed by atoms with Gasteiger partial charge in [-0.2, -0.15) is 0 Å². The van der Waals surface area contributed by atoms with Gasteiger partial charge < -0.3 is 0 Å². The van der Waals surface area contributed by atoms with Gasteiger partial charge in [0.2, 0.25) is 0 Å². The third-order valence-electron chi connectivity index (χ3n) is 2.53. The van der Waals surface area contributed by atoms with Crippen molar-refractivity contribution in [3.63, 3.8) is 0 Å². The van der Waals surface area contributed by atoms with E-state index in [1.807, 2.05) is 0 Å². The van der Waals surface area contributed by atoms with Crippen molar-refractivity contribution in [1.29, 1.82) is 0 Å². The van der Waals surface area contributed by atoms with Gasteiger partial charge in [0.05, 0.1) is 0 Å². The van der Waals surface area contributed by atoms with Gasteiger partial charge in [-0.1, -0.05) is 12.2 Å². The first kappa shape index (κ1) is 7.81. The number of hydrogen-bond acceptors (Lipinski definition) is 0. The van der Waals surface area contributed by atoms with Crippen LogP contribution < -0.4 is 0 Å². The van der Waals surface area contributed by atoms with E-state index in [0.717, 1.165) is 0 Å². The number of halogens is 4. The molecule has 11 heavy (non-hydrogen) atoms. The van der Waals surface area contributed by atoms with Crippen LogP contribution in [0.5, 0.6) is 0 Å². The summed E-state index contributed by atoms with van der Waals surface area (Å²) in [6.07, 6.45) is 3.67. The zero-order valence-corrected chi connectivity index (χ0v) is 7.09. The van der Waals surface area contributed by atoms with E-state index in [-0.39, 0.29) is 12.8 Å². The maximum Gasteiger partial charge on any atom is 0.290 e. The lowest BCUT2D eigenvalue weighted by Crippen LogP contribution is -2.15. The molecule has 1 saturated carbocycles. The monoisotopic (exact) mass is 198 g/mol. The van der Waals surface area contributed by atoms with Crippen molar-refractivity contribution in [3.05, 3.63) is 12.2 Å². The summed E-state index contributed by atoms with van der Waals surface area (Å²) in [4.78, 5) is -3.01. The van der Waals surface area contributed by atoms with Crippen molar-refractivity contribution in [3.8, 4) is 0 Å². The molecule has 0 bridgehead atoms. The van der Waals surface area contributed by atoms with Gasteiger partial charge in [-0.25, -0.2) is 8.78 Å². The summed E-state index contributed by atoms with van der Waals surface area (Å²) in [5.41, 5.74) is 0. The van der Waals surface area contributed by atoms with Crippen molar-refractivity contribution in [2.45, 2.75) is 28.5 Å². The van der Waals surface area contributed by atoms with E-state index < -0.39 is 15.7 Å². The first-order valence-corrected chi connectivity index (χ1v) is 4.12. The van der Waals surface area contributed by atoms with Crippen LogP contribution in [0.15, 0.2) is 12.2 Å². The Morgan fingerprint density at radius 1 is 1.00 bits per heavy atom. The Labute approximate surface area is 73.2 Å². The predicted molar refractivity (Wildman–Crippen MR) is 40.5 cm³/mol. The number of alkyl halides is 4. The third kappa shape index (κ3) is 0.583. The molecule has 2 atom stereocenters. The second-order valence-corrected chi connectivity index (χ2v) is 4.35. The molecule has 0 nitrogen and oxygen atoms in total. The van der Waals surface area contributed by atoms with Crippen LogP contribution >= 0.6 is 23.2 Å². The fourth-order valence-corrected chi connectivity index (χ4v) is 2.45. The Balaban J connectivity index is 2.40. The van der Waals surface area contributed by atoms with Crippen molar-refractivity contribution >= 4 is 23.2 Å². The van der Waals surface area contributed by atoms with Crippen LogP contribution in [-0.2, 0) is 0 Å². The van der Waals surface area contributed by atoms with Gasteiger partial charge >= 0.3 is 0 Å². The standard InChI is InChI=1S/C7H6Cl2F2/c8-5-3-1-2-4-6(5,9)7(5,10)11/h1-2H,3-4H2. The van der Waals surface area contributed by atoms with Crippen LogP contribution in [0.1, 0.15) is 12.8 Å². The summed E-state index contributed by atoms with van der Waals surface area (Å²) in [6, 6.07) is 0. The third-order valence-corrected chi connectivity index (χ3v) is 4.05. The minimum atomic E-state index is -2.91. The van der Waals surface area contributed by atoms with Crippen molar-refractivity contribution in [2.75, 3.05) is 0 Å². The zero-order valence-electron chi connectivity index (χ0n) is 5.58. The second-order valence-electron chi connectivity index (χ2n) is 3.06. The molecule has 0 aromatic carbocycles. The minimum Gasteiger partial charge on any atom is -0.203 e. The first-order valence-electron chi connectivity index (χ1n) is 3.36. The maximum atomic E-state index is 13.0. The van der Waals surface area contributed by atoms with E-state index in [9.17, 15) is 8.78 Å². The minimum absolute atomic E-state index is 0.172. The molecular weight excluding hydrogens is 193 g/mol. The summed E-state index contributed by atoms with van der Waals surface area (Å²) >= 11 is 11.3. The Hall–Kier alpha value is 0.180. The maximum absolute atomic E-state index is 13.0. The molecule has 0 heterocycles. The van der Waals surface area contributed by atoms with E-state index in [0.29, 0.717) is 0 Å². The normalized spacial score (nSPS) is 52.0. The average Bonchev–Trinajstić information content (AvgIpc) is 2.28. The van der Waals surface area contributed by atoms with Crippen molar-refractivity contribution in [2.24, 2.45) is 0 Å². The van der Waals surface area contributed by atoms with Gasteiger partial charge in [0.15, 0.2) is 0 Å². The Kier molecular flexibility index (Phi) is 1.24. The molecule has 0 radical (unpaired) electrons. The van der Waals surface area contributed by atoms with Gasteiger partial charge in [-0.05, 0) is 12.8 Å². The predicted octanol–water partition coefficient (Wildman–Crippen LogP) is 2.94. The molecule has 0 saturated heterocycles. The molecule has 1 fully saturated rings. The SMILES string of the molecule is FC1(F)C2(Cl)CC=CCC12Cl. The molecular formula is C7H6Cl2F2. The molecule has 2 unspecified atom stereocenters. The van der Waals surface area contributed by atoms with Gasteiger partial charge in [0, 0.05) is 0 Å². The summed E-state index contributed by atoms with van der Waals surface area (Å²) in [5.74, 6) is -2.91. The first-order chi connectivity index (χ1) is 4.96. The molecule has 62 valence electrons. The molecule has 2 rings (SSSR count). The summed E-state index contributed by atoms with van der Waals surface area (Å²) in [5, 5.41) is 0. The largest absolute Gasteiger partial charge is 0.290 e. The average molecular weight is 199 g/mol. The van der Waals surface area contributed by atoms with E-state index >= 15 is 0 Å². The van der Waals surface area contributed by atoms with Gasteiger partial charge in [0.1, 0.15) is 9.75 Å². The lowest BCUT2D eigenvalue weighted by molar-refractivity contribution is 0.0947. The summed E-state index contributed by atoms with van der Waals surface area (Å²) in [7, 11) is 0. The fourth-order valence-electron chi connectivity index (χ4n) is 1.61. The highest BCUT2D eigenvalue weighted by atomic mass is 35.5. The number of allylic oxidation sites excluding steroid dienone is 2. The highest BCUT2D eigenvalue weighted by Gasteiger charge is 2.90. The molecule has 0 N–H and O–H groups in total. The van der Waals surface area contributed by atoms with E-state index in [1.54, 1.807) is 12.2 Å². The Morgan fingerprint density at radius 3 is 1.64 bits per heavy atom. The highest BCUT2D eigenvalue weighted by molar-refractivity contribution is 6.42. The molecule has 4 heteroatoms. The van der Waals surface area contributed by atoms with Crippen LogP contribution in [0.25, 0.3) is 0 Å². The fraction of sp³-hybridized carbons (Fsp3) is 0.714. The molecule has 0 aromatic heterocycles. The molecule has 2 aliphatic rings. The molecule has 0 amide bonds. The number of fused-ring (bicyclic) bond motifs is 1. The van der Waals surface area contributed by atoms with Gasteiger partial charge in [-0.3, -0.25) is 0 Å². The van der Waals surface area contributed by atoms with Crippen LogP contribution in [-0.4, -0.2) is 15.7 Å². The summed E-state index contributed by atoms with van der Waals surface area (Å²) < 4.78 is 25.9. The smallest absolute Gasteiger partial charge is 0.203 e. The van der Waals surface area contributed by atoms with Gasteiger partial charge in [-0.15, -0.1) is 23.2 Å². The molecule has 2 aliphatic carbocycles. The van der Waals surface area contributed by atoms with E-state index in [4.69, 9.17) is 23.2 Å². The molecule has 0 aromatic rings. The summed E-state index contributed by atoms with van der Waals surface area (Å²) in [6.45, 7) is 0. The molecule has 0 aliphatic heterocycles. The van der Waals surface area contributed by atoms with Crippen LogP contribution in [0.3, 0.4) is 0 Å². The zero-order chi connectivity index (χ0) is 8.33. The van der Waals surface area contributed by atoms with E-state index in [2.05, 4.69) is 0 Å². The Bertz CT molecular complexity index is 217. The van der Waals surface area contributed by atoms with Crippen molar-refractivity contribution in [1.82, 2.24) is 0 Å². The Morgan fingerprint density at radius 2 is 1.36 bits per heavy atom. The van der Waals surface area contributed by atoms with Crippen molar-refractivity contribution < 1.29 is 8.78 Å². The second kappa shape index (κ2) is 1.74. The van der Waals surface area contributed by atoms with Crippen LogP contribution in [0.4, 0.5) is 8.78 Å². The lowest BCUT2D eigenvalue weighted by Gasteiger charge is -2.11. The van der Waals surface area contributed by atoms with Gasteiger partial charge in [0.25, 0.3) is 5.92 Å². The quantitative estimate of drug-likeness (QED) is 0.415. The number of hydrogen-bond donors (Lipinski definition) is 0. The van der Waals surface area contributed by atoms with Crippen LogP contribution in [0, 0.1) is 0 Å². The van der Waals surface area contributed by atoms with Crippen LogP contribution in [0.2, 0.25) is 0 Å². The number of rotatable bonds is 0. The topological polar surface area (TPSA) is 0 Å².